The van der Waals surface area contributed by atoms with Gasteiger partial charge in [0.25, 0.3) is 0 Å². The first-order chi connectivity index (χ1) is 10.7. The number of rotatable bonds is 2. The minimum absolute atomic E-state index is 0. The predicted molar refractivity (Wildman–Crippen MR) is 117 cm³/mol. The molecule has 25 heavy (non-hydrogen) atoms. The van der Waals surface area contributed by atoms with Crippen molar-refractivity contribution in [1.29, 1.82) is 0 Å². The third kappa shape index (κ3) is 15.7. The first-order valence-electron chi connectivity index (χ1n) is 7.33. The number of nitrogens with zero attached hydrogens (tertiary/aromatic N) is 2. The van der Waals surface area contributed by atoms with Crippen LogP contribution in [0.2, 0.25) is 0 Å². The van der Waals surface area contributed by atoms with E-state index in [1.807, 2.05) is 31.4 Å². The van der Waals surface area contributed by atoms with Crippen LogP contribution in [0.3, 0.4) is 0 Å². The van der Waals surface area contributed by atoms with Crippen LogP contribution in [0.1, 0.15) is 38.3 Å². The molecule has 0 bridgehead atoms. The van der Waals surface area contributed by atoms with E-state index in [0.29, 0.717) is 4.32 Å². The van der Waals surface area contributed by atoms with Gasteiger partial charge in [-0.25, -0.2) is 0 Å². The molecule has 0 aromatic carbocycles. The molecule has 0 spiro atoms. The number of hydrogen-bond acceptors (Lipinski definition) is 4. The second-order valence-corrected chi connectivity index (χ2v) is 6.10. The Kier molecular flexibility index (Phi) is 23.7. The summed E-state index contributed by atoms with van der Waals surface area (Å²) in [6.07, 6.45) is 17.6. The van der Waals surface area contributed by atoms with Gasteiger partial charge >= 0.3 is 19.5 Å². The standard InChI is InChI=1S/C9H11N3S2.C8H12.2ClH.Ru/c1-7(11-12-9(13)14-2)8-5-3-4-6-10-8;1-2-4-6-8-7-5-3-1;;;/h3-6H,1-2H3,(H,12,13);1-2,7-8H,3-6H2;2*1H;/q;;;;+2/b11-7+;2-1-,8-7-;;;. The molecule has 1 heterocycles. The first-order valence-corrected chi connectivity index (χ1v) is 8.97. The van der Waals surface area contributed by atoms with Gasteiger partial charge in [-0.1, -0.05) is 54.4 Å². The maximum absolute atomic E-state index is 4.95. The smallest absolute Gasteiger partial charge is 0.262 e. The number of hydrogen-bond donors (Lipinski definition) is 1. The Balaban J connectivity index is -0.000000384. The molecule has 2 rings (SSSR count). The van der Waals surface area contributed by atoms with Crippen molar-refractivity contribution >= 4 is 58.8 Å². The fraction of sp³-hybridized carbons (Fsp3) is 0.353. The van der Waals surface area contributed by atoms with Gasteiger partial charge in [-0.15, -0.1) is 24.8 Å². The second-order valence-electron chi connectivity index (χ2n) is 4.61. The summed E-state index contributed by atoms with van der Waals surface area (Å²) in [5.74, 6) is 0. The fourth-order valence-electron chi connectivity index (χ4n) is 1.67. The monoisotopic (exact) mass is 507 g/mol. The predicted octanol–water partition coefficient (Wildman–Crippen LogP) is 5.56. The van der Waals surface area contributed by atoms with Gasteiger partial charge < -0.3 is 0 Å². The van der Waals surface area contributed by atoms with E-state index in [1.165, 1.54) is 37.4 Å². The fourth-order valence-corrected chi connectivity index (χ4v) is 1.85. The molecule has 0 saturated carbocycles. The SMILES string of the molecule is C1=C\CC/C=C\CC/1.CSC(=S)N/N=C(\C)c1ccccn1.Cl.Cl.[Ru+2]. The quantitative estimate of drug-likeness (QED) is 0.187. The number of thioether (sulfide) groups is 1. The summed E-state index contributed by atoms with van der Waals surface area (Å²) in [7, 11) is 0. The molecule has 0 aliphatic heterocycles. The number of aromatic nitrogens is 1. The molecule has 1 aliphatic rings. The van der Waals surface area contributed by atoms with Gasteiger partial charge in [-0.05, 0) is 51.0 Å². The van der Waals surface area contributed by atoms with Gasteiger partial charge in [0.2, 0.25) is 0 Å². The van der Waals surface area contributed by atoms with E-state index >= 15 is 0 Å². The topological polar surface area (TPSA) is 37.3 Å². The Labute approximate surface area is 186 Å². The maximum Gasteiger partial charge on any atom is 2.00 e. The van der Waals surface area contributed by atoms with E-state index in [2.05, 4.69) is 39.8 Å². The first kappa shape index (κ1) is 29.5. The average molecular weight is 508 g/mol. The molecule has 0 radical (unpaired) electrons. The summed E-state index contributed by atoms with van der Waals surface area (Å²) >= 11 is 6.40. The summed E-state index contributed by atoms with van der Waals surface area (Å²) in [4.78, 5) is 4.16. The Morgan fingerprint density at radius 3 is 2.00 bits per heavy atom. The summed E-state index contributed by atoms with van der Waals surface area (Å²) in [5, 5.41) is 4.11. The Morgan fingerprint density at radius 1 is 1.08 bits per heavy atom. The van der Waals surface area contributed by atoms with Crippen molar-refractivity contribution in [3.63, 3.8) is 0 Å². The molecule has 1 aromatic heterocycles. The average Bonchev–Trinajstić information content (AvgIpc) is 2.53. The van der Waals surface area contributed by atoms with Crippen LogP contribution in [-0.2, 0) is 19.5 Å². The molecular weight excluding hydrogens is 482 g/mol. The Hall–Kier alpha value is -0.257. The molecule has 8 heteroatoms. The van der Waals surface area contributed by atoms with E-state index in [1.54, 1.807) is 6.20 Å². The van der Waals surface area contributed by atoms with Crippen molar-refractivity contribution in [2.75, 3.05) is 6.26 Å². The molecule has 3 nitrogen and oxygen atoms in total. The third-order valence-electron chi connectivity index (χ3n) is 2.87. The number of hydrazone groups is 1. The van der Waals surface area contributed by atoms with Gasteiger partial charge in [-0.3, -0.25) is 10.4 Å². The van der Waals surface area contributed by atoms with Crippen LogP contribution in [0.15, 0.2) is 53.8 Å². The summed E-state index contributed by atoms with van der Waals surface area (Å²) in [5.41, 5.74) is 4.45. The van der Waals surface area contributed by atoms with Crippen LogP contribution in [0, 0.1) is 0 Å². The molecule has 0 unspecified atom stereocenters. The van der Waals surface area contributed by atoms with Crippen molar-refractivity contribution in [1.82, 2.24) is 10.4 Å². The number of thiocarbonyl (C=S) groups is 1. The normalized spacial score (nSPS) is 15.2. The van der Waals surface area contributed by atoms with Crippen LogP contribution in [0.5, 0.6) is 0 Å². The number of pyridine rings is 1. The Bertz CT molecular complexity index is 512. The van der Waals surface area contributed by atoms with E-state index < -0.39 is 0 Å². The van der Waals surface area contributed by atoms with Crippen molar-refractivity contribution < 1.29 is 19.5 Å². The number of allylic oxidation sites excluding steroid dienone is 4. The molecule has 140 valence electrons. The van der Waals surface area contributed by atoms with Gasteiger partial charge in [-0.2, -0.15) is 5.10 Å². The van der Waals surface area contributed by atoms with Crippen LogP contribution in [-0.4, -0.2) is 21.3 Å². The molecule has 0 amide bonds. The van der Waals surface area contributed by atoms with Crippen LogP contribution in [0.25, 0.3) is 0 Å². The number of halogens is 2. The van der Waals surface area contributed by atoms with Crippen molar-refractivity contribution in [2.45, 2.75) is 32.6 Å². The summed E-state index contributed by atoms with van der Waals surface area (Å²) in [6, 6.07) is 5.70. The van der Waals surface area contributed by atoms with Gasteiger partial charge in [0.05, 0.1) is 11.4 Å². The van der Waals surface area contributed by atoms with Crippen molar-refractivity contribution in [2.24, 2.45) is 5.10 Å². The minimum atomic E-state index is 0. The molecule has 0 fully saturated rings. The zero-order chi connectivity index (χ0) is 16.0. The molecule has 0 atom stereocenters. The maximum atomic E-state index is 4.95. The van der Waals surface area contributed by atoms with Crippen molar-refractivity contribution in [3.8, 4) is 0 Å². The zero-order valence-corrected chi connectivity index (χ0v) is 19.3. The third-order valence-corrected chi connectivity index (χ3v) is 3.92. The van der Waals surface area contributed by atoms with Gasteiger partial charge in [0, 0.05) is 6.20 Å². The molecule has 1 aromatic rings. The Morgan fingerprint density at radius 2 is 1.60 bits per heavy atom. The summed E-state index contributed by atoms with van der Waals surface area (Å²) < 4.78 is 0.653. The largest absolute Gasteiger partial charge is 2.00 e. The number of nitrogens with one attached hydrogen (secondary N) is 1. The van der Waals surface area contributed by atoms with E-state index in [4.69, 9.17) is 12.2 Å². The van der Waals surface area contributed by atoms with E-state index in [9.17, 15) is 0 Å². The molecule has 1 aliphatic carbocycles. The zero-order valence-electron chi connectivity index (χ0n) is 14.3. The van der Waals surface area contributed by atoms with E-state index in [0.717, 1.165) is 11.4 Å². The van der Waals surface area contributed by atoms with Gasteiger partial charge in [0.1, 0.15) is 0 Å². The van der Waals surface area contributed by atoms with Crippen molar-refractivity contribution in [3.05, 3.63) is 54.4 Å². The second kappa shape index (κ2) is 20.1. The summed E-state index contributed by atoms with van der Waals surface area (Å²) in [6.45, 7) is 1.89. The molecular formula is C17H25Cl2N3RuS2+2. The van der Waals surface area contributed by atoms with Crippen LogP contribution >= 0.6 is 48.8 Å². The van der Waals surface area contributed by atoms with E-state index in [-0.39, 0.29) is 44.3 Å². The van der Waals surface area contributed by atoms with Crippen LogP contribution in [0.4, 0.5) is 0 Å². The van der Waals surface area contributed by atoms with Gasteiger partial charge in [0.15, 0.2) is 4.32 Å². The molecule has 1 N–H and O–H groups in total. The van der Waals surface area contributed by atoms with Crippen LogP contribution < -0.4 is 5.43 Å². The minimum Gasteiger partial charge on any atom is -0.262 e. The molecule has 0 saturated heterocycles.